The van der Waals surface area contributed by atoms with Gasteiger partial charge in [-0.15, -0.1) is 11.3 Å². The molecule has 0 aliphatic heterocycles. The smallest absolute Gasteiger partial charge is 0.136 e. The molecule has 2 heteroatoms. The van der Waals surface area contributed by atoms with Crippen molar-refractivity contribution in [2.75, 3.05) is 0 Å². The Morgan fingerprint density at radius 2 is 0.868 bits per heavy atom. The molecule has 6 aromatic carbocycles. The highest BCUT2D eigenvalue weighted by molar-refractivity contribution is 7.25. The topological polar surface area (TPSA) is 13.1 Å². The van der Waals surface area contributed by atoms with E-state index in [1.807, 2.05) is 23.5 Å². The van der Waals surface area contributed by atoms with E-state index in [1.54, 1.807) is 0 Å². The Labute approximate surface area is 224 Å². The van der Waals surface area contributed by atoms with Gasteiger partial charge >= 0.3 is 0 Å². The molecule has 0 bridgehead atoms. The van der Waals surface area contributed by atoms with Crippen LogP contribution in [0.4, 0.5) is 0 Å². The fourth-order valence-electron chi connectivity index (χ4n) is 5.57. The number of furan rings is 1. The van der Waals surface area contributed by atoms with E-state index < -0.39 is 0 Å². The molecule has 2 heterocycles. The summed E-state index contributed by atoms with van der Waals surface area (Å²) >= 11 is 1.86. The van der Waals surface area contributed by atoms with Crippen molar-refractivity contribution >= 4 is 53.4 Å². The number of fused-ring (bicyclic) bond motifs is 6. The van der Waals surface area contributed by atoms with E-state index in [9.17, 15) is 0 Å². The lowest BCUT2D eigenvalue weighted by atomic mass is 9.95. The normalized spacial score (nSPS) is 11.7. The van der Waals surface area contributed by atoms with Crippen molar-refractivity contribution in [2.45, 2.75) is 0 Å². The number of rotatable bonds is 3. The maximum absolute atomic E-state index is 6.14. The zero-order chi connectivity index (χ0) is 25.1. The predicted molar refractivity (Wildman–Crippen MR) is 163 cm³/mol. The van der Waals surface area contributed by atoms with Gasteiger partial charge in [-0.2, -0.15) is 0 Å². The summed E-state index contributed by atoms with van der Waals surface area (Å²) in [5.41, 5.74) is 9.09. The summed E-state index contributed by atoms with van der Waals surface area (Å²) in [4.78, 5) is 0. The third kappa shape index (κ3) is 3.46. The van der Waals surface area contributed by atoms with Crippen molar-refractivity contribution in [3.05, 3.63) is 133 Å². The van der Waals surface area contributed by atoms with Gasteiger partial charge in [0.25, 0.3) is 0 Å². The fourth-order valence-corrected chi connectivity index (χ4v) is 6.71. The molecular weight excluding hydrogens is 480 g/mol. The maximum Gasteiger partial charge on any atom is 0.136 e. The van der Waals surface area contributed by atoms with Crippen molar-refractivity contribution in [2.24, 2.45) is 0 Å². The third-order valence-electron chi connectivity index (χ3n) is 7.48. The van der Waals surface area contributed by atoms with Gasteiger partial charge < -0.3 is 4.42 Å². The van der Waals surface area contributed by atoms with Crippen LogP contribution in [0, 0.1) is 0 Å². The first-order valence-electron chi connectivity index (χ1n) is 12.8. The zero-order valence-electron chi connectivity index (χ0n) is 20.5. The van der Waals surface area contributed by atoms with Crippen molar-refractivity contribution < 1.29 is 4.42 Å². The summed E-state index contributed by atoms with van der Waals surface area (Å²) in [6, 6.07) is 47.9. The molecule has 0 saturated carbocycles. The third-order valence-corrected chi connectivity index (χ3v) is 8.62. The Hall–Kier alpha value is -4.66. The molecule has 1 nitrogen and oxygen atoms in total. The molecule has 2 aromatic heterocycles. The minimum absolute atomic E-state index is 0.924. The molecule has 0 saturated heterocycles. The van der Waals surface area contributed by atoms with E-state index in [2.05, 4.69) is 121 Å². The Morgan fingerprint density at radius 3 is 1.61 bits per heavy atom. The van der Waals surface area contributed by atoms with Crippen LogP contribution in [0.25, 0.3) is 75.5 Å². The Morgan fingerprint density at radius 1 is 0.342 bits per heavy atom. The second kappa shape index (κ2) is 8.44. The standard InChI is InChI=1S/C36H22OS/c1-3-13-33-29(11-1)30-17-15-27(21-34(30)37-33)25-9-5-7-23(19-25)24-8-6-10-26(20-24)28-16-18-32-31-12-2-4-14-35(31)38-36(32)22-28/h1-22H. The van der Waals surface area contributed by atoms with Gasteiger partial charge in [0.1, 0.15) is 11.2 Å². The van der Waals surface area contributed by atoms with E-state index >= 15 is 0 Å². The van der Waals surface area contributed by atoms with Crippen molar-refractivity contribution in [1.82, 2.24) is 0 Å². The minimum Gasteiger partial charge on any atom is -0.456 e. The number of para-hydroxylation sites is 1. The quantitative estimate of drug-likeness (QED) is 0.234. The molecule has 0 unspecified atom stereocenters. The monoisotopic (exact) mass is 502 g/mol. The largest absolute Gasteiger partial charge is 0.456 e. The van der Waals surface area contributed by atoms with Crippen LogP contribution in [0.5, 0.6) is 0 Å². The highest BCUT2D eigenvalue weighted by Crippen LogP contribution is 2.38. The van der Waals surface area contributed by atoms with Gasteiger partial charge in [-0.05, 0) is 75.8 Å². The van der Waals surface area contributed by atoms with Gasteiger partial charge in [0, 0.05) is 30.9 Å². The highest BCUT2D eigenvalue weighted by Gasteiger charge is 2.10. The van der Waals surface area contributed by atoms with Gasteiger partial charge in [0.05, 0.1) is 0 Å². The van der Waals surface area contributed by atoms with Gasteiger partial charge in [0.2, 0.25) is 0 Å². The lowest BCUT2D eigenvalue weighted by Gasteiger charge is -2.09. The van der Waals surface area contributed by atoms with E-state index in [0.717, 1.165) is 27.5 Å². The van der Waals surface area contributed by atoms with Crippen LogP contribution in [-0.4, -0.2) is 0 Å². The first-order chi connectivity index (χ1) is 18.8. The van der Waals surface area contributed by atoms with Crippen LogP contribution in [-0.2, 0) is 0 Å². The lowest BCUT2D eigenvalue weighted by molar-refractivity contribution is 0.669. The summed E-state index contributed by atoms with van der Waals surface area (Å²) in [6.07, 6.45) is 0. The molecule has 8 aromatic rings. The number of thiophene rings is 1. The number of hydrogen-bond donors (Lipinski definition) is 0. The zero-order valence-corrected chi connectivity index (χ0v) is 21.3. The molecule has 178 valence electrons. The van der Waals surface area contributed by atoms with E-state index in [4.69, 9.17) is 4.42 Å². The first-order valence-corrected chi connectivity index (χ1v) is 13.7. The fraction of sp³-hybridized carbons (Fsp3) is 0. The molecule has 0 N–H and O–H groups in total. The molecule has 0 fully saturated rings. The average molecular weight is 503 g/mol. The summed E-state index contributed by atoms with van der Waals surface area (Å²) < 4.78 is 8.81. The average Bonchev–Trinajstić information content (AvgIpc) is 3.54. The molecule has 0 radical (unpaired) electrons. The van der Waals surface area contributed by atoms with Crippen molar-refractivity contribution in [1.29, 1.82) is 0 Å². The summed E-state index contributed by atoms with van der Waals surface area (Å²) in [7, 11) is 0. The van der Waals surface area contributed by atoms with Gasteiger partial charge in [-0.1, -0.05) is 91.0 Å². The second-order valence-electron chi connectivity index (χ2n) is 9.78. The van der Waals surface area contributed by atoms with Crippen LogP contribution >= 0.6 is 11.3 Å². The molecule has 0 amide bonds. The molecule has 8 rings (SSSR count). The van der Waals surface area contributed by atoms with E-state index in [1.165, 1.54) is 48.0 Å². The lowest BCUT2D eigenvalue weighted by Crippen LogP contribution is -1.83. The second-order valence-corrected chi connectivity index (χ2v) is 10.9. The molecule has 0 atom stereocenters. The Bertz CT molecular complexity index is 1990. The van der Waals surface area contributed by atoms with Crippen LogP contribution in [0.3, 0.4) is 0 Å². The predicted octanol–water partition coefficient (Wildman–Crippen LogP) is 11.0. The first kappa shape index (κ1) is 21.4. The van der Waals surface area contributed by atoms with E-state index in [0.29, 0.717) is 0 Å². The maximum atomic E-state index is 6.14. The molecular formula is C36H22OS. The molecule has 0 aliphatic carbocycles. The van der Waals surface area contributed by atoms with Crippen LogP contribution in [0.2, 0.25) is 0 Å². The van der Waals surface area contributed by atoms with Crippen molar-refractivity contribution in [3.8, 4) is 33.4 Å². The van der Waals surface area contributed by atoms with Crippen LogP contribution in [0.1, 0.15) is 0 Å². The number of benzene rings is 6. The Balaban J connectivity index is 1.18. The van der Waals surface area contributed by atoms with Crippen molar-refractivity contribution in [3.63, 3.8) is 0 Å². The molecule has 0 spiro atoms. The molecule has 0 aliphatic rings. The molecule has 38 heavy (non-hydrogen) atoms. The van der Waals surface area contributed by atoms with Crippen LogP contribution in [0.15, 0.2) is 138 Å². The van der Waals surface area contributed by atoms with Crippen LogP contribution < -0.4 is 0 Å². The van der Waals surface area contributed by atoms with Gasteiger partial charge in [-0.3, -0.25) is 0 Å². The summed E-state index contributed by atoms with van der Waals surface area (Å²) in [5.74, 6) is 0. The SMILES string of the molecule is c1cc(-c2cccc(-c3ccc4c(c3)sc3ccccc34)c2)cc(-c2ccc3c(c2)oc2ccccc23)c1. The van der Waals surface area contributed by atoms with E-state index in [-0.39, 0.29) is 0 Å². The highest BCUT2D eigenvalue weighted by atomic mass is 32.1. The summed E-state index contributed by atoms with van der Waals surface area (Å²) in [5, 5.41) is 4.99. The van der Waals surface area contributed by atoms with Gasteiger partial charge in [0.15, 0.2) is 0 Å². The Kier molecular flexibility index (Phi) is 4.76. The van der Waals surface area contributed by atoms with Gasteiger partial charge in [-0.25, -0.2) is 0 Å². The number of hydrogen-bond acceptors (Lipinski definition) is 2. The summed E-state index contributed by atoms with van der Waals surface area (Å²) in [6.45, 7) is 0. The minimum atomic E-state index is 0.924.